The number of amides is 1. The second-order valence-electron chi connectivity index (χ2n) is 5.38. The molecule has 0 unspecified atom stereocenters. The topological polar surface area (TPSA) is 42.2 Å². The minimum Gasteiger partial charge on any atom is -0.457 e. The third-order valence-electron chi connectivity index (χ3n) is 3.82. The summed E-state index contributed by atoms with van der Waals surface area (Å²) in [6.45, 7) is 0. The van der Waals surface area contributed by atoms with Crippen LogP contribution in [0, 0.1) is 0 Å². The van der Waals surface area contributed by atoms with Crippen LogP contribution in [0.2, 0.25) is 10.0 Å². The first-order valence-electron chi connectivity index (χ1n) is 7.29. The van der Waals surface area contributed by atoms with Crippen molar-refractivity contribution in [2.75, 3.05) is 5.32 Å². The number of hydrogen-bond donors (Lipinski definition) is 1. The van der Waals surface area contributed by atoms with Crippen LogP contribution >= 0.6 is 23.2 Å². The normalized spacial score (nSPS) is 14.8. The summed E-state index contributed by atoms with van der Waals surface area (Å²) in [5, 5.41) is 4.00. The van der Waals surface area contributed by atoms with Crippen LogP contribution < -0.4 is 5.32 Å². The number of carbonyl (C=O) groups excluding carboxylic acids is 1. The molecule has 0 fully saturated rings. The Hall–Kier alpha value is -2.49. The summed E-state index contributed by atoms with van der Waals surface area (Å²) in [5.41, 5.74) is 2.84. The van der Waals surface area contributed by atoms with Crippen LogP contribution in [-0.4, -0.2) is 5.91 Å². The molecule has 0 saturated heterocycles. The Balaban J connectivity index is 1.74. The van der Waals surface area contributed by atoms with Gasteiger partial charge in [0.05, 0.1) is 10.6 Å². The molecule has 24 heavy (non-hydrogen) atoms. The van der Waals surface area contributed by atoms with E-state index in [1.807, 2.05) is 30.3 Å². The Labute approximate surface area is 148 Å². The second-order valence-corrected chi connectivity index (χ2v) is 6.23. The predicted octanol–water partition coefficient (Wildman–Crippen LogP) is 5.75. The first-order valence-corrected chi connectivity index (χ1v) is 8.05. The highest BCUT2D eigenvalue weighted by Gasteiger charge is 2.24. The zero-order chi connectivity index (χ0) is 16.7. The minimum atomic E-state index is -0.178. The van der Waals surface area contributed by atoms with Crippen molar-refractivity contribution in [3.63, 3.8) is 0 Å². The zero-order valence-electron chi connectivity index (χ0n) is 12.3. The van der Waals surface area contributed by atoms with Crippen LogP contribution in [0.5, 0.6) is 0 Å². The average molecular weight is 356 g/mol. The van der Waals surface area contributed by atoms with Gasteiger partial charge in [-0.25, -0.2) is 0 Å². The summed E-state index contributed by atoms with van der Waals surface area (Å²) in [6.07, 6.45) is 1.71. The molecule has 3 aromatic rings. The zero-order valence-corrected chi connectivity index (χ0v) is 13.9. The molecule has 1 N–H and O–H groups in total. The molecule has 1 aliphatic rings. The third-order valence-corrected chi connectivity index (χ3v) is 4.38. The summed E-state index contributed by atoms with van der Waals surface area (Å²) in [5.74, 6) is 1.04. The lowest BCUT2D eigenvalue weighted by molar-refractivity contribution is -0.110. The maximum atomic E-state index is 12.2. The van der Waals surface area contributed by atoms with Crippen LogP contribution in [0.4, 0.5) is 5.69 Å². The summed E-state index contributed by atoms with van der Waals surface area (Å²) < 4.78 is 5.83. The fourth-order valence-electron chi connectivity index (χ4n) is 2.68. The molecule has 2 heterocycles. The highest BCUT2D eigenvalue weighted by molar-refractivity contribution is 6.36. The lowest BCUT2D eigenvalue weighted by Crippen LogP contribution is -2.03. The van der Waals surface area contributed by atoms with Crippen molar-refractivity contribution >= 4 is 46.4 Å². The van der Waals surface area contributed by atoms with Crippen molar-refractivity contribution in [2.24, 2.45) is 0 Å². The molecule has 4 rings (SSSR count). The molecular weight excluding hydrogens is 345 g/mol. The average Bonchev–Trinajstić information content (AvgIpc) is 3.14. The third kappa shape index (κ3) is 2.62. The highest BCUT2D eigenvalue weighted by Crippen LogP contribution is 2.36. The van der Waals surface area contributed by atoms with Crippen LogP contribution in [-0.2, 0) is 4.79 Å². The second kappa shape index (κ2) is 5.86. The summed E-state index contributed by atoms with van der Waals surface area (Å²) in [7, 11) is 0. The van der Waals surface area contributed by atoms with Gasteiger partial charge in [0.25, 0.3) is 5.91 Å². The maximum Gasteiger partial charge on any atom is 0.256 e. The van der Waals surface area contributed by atoms with E-state index in [0.717, 1.165) is 16.8 Å². The van der Waals surface area contributed by atoms with E-state index < -0.39 is 0 Å². The smallest absolute Gasteiger partial charge is 0.256 e. The quantitative estimate of drug-likeness (QED) is 0.595. The molecule has 0 aliphatic carbocycles. The van der Waals surface area contributed by atoms with Crippen LogP contribution in [0.25, 0.3) is 23.0 Å². The number of fused-ring (bicyclic) bond motifs is 1. The van der Waals surface area contributed by atoms with Crippen molar-refractivity contribution in [3.05, 3.63) is 76.0 Å². The molecule has 1 aromatic heterocycles. The molecule has 5 heteroatoms. The van der Waals surface area contributed by atoms with Crippen LogP contribution in [0.3, 0.4) is 0 Å². The van der Waals surface area contributed by atoms with Crippen molar-refractivity contribution < 1.29 is 9.21 Å². The number of carbonyl (C=O) groups is 1. The number of rotatable bonds is 2. The molecule has 0 saturated carbocycles. The van der Waals surface area contributed by atoms with Gasteiger partial charge in [-0.3, -0.25) is 4.79 Å². The van der Waals surface area contributed by atoms with Gasteiger partial charge in [0.15, 0.2) is 0 Å². The predicted molar refractivity (Wildman–Crippen MR) is 97.1 cm³/mol. The SMILES string of the molecule is O=C1Nc2ccc(Cl)cc2/C1=C/c1ccc(-c2ccccc2Cl)o1. The Morgan fingerprint density at radius 3 is 2.62 bits per heavy atom. The van der Waals surface area contributed by atoms with Gasteiger partial charge in [0.1, 0.15) is 11.5 Å². The first-order chi connectivity index (χ1) is 11.6. The lowest BCUT2D eigenvalue weighted by atomic mass is 10.1. The molecule has 0 radical (unpaired) electrons. The van der Waals surface area contributed by atoms with E-state index in [1.54, 1.807) is 30.3 Å². The largest absolute Gasteiger partial charge is 0.457 e. The van der Waals surface area contributed by atoms with Crippen LogP contribution in [0.15, 0.2) is 59.0 Å². The number of furan rings is 1. The first kappa shape index (κ1) is 15.1. The van der Waals surface area contributed by atoms with Gasteiger partial charge in [-0.2, -0.15) is 0 Å². The Kier molecular flexibility index (Phi) is 3.68. The molecule has 0 spiro atoms. The van der Waals surface area contributed by atoms with Crippen molar-refractivity contribution in [3.8, 4) is 11.3 Å². The van der Waals surface area contributed by atoms with Gasteiger partial charge in [-0.15, -0.1) is 0 Å². The van der Waals surface area contributed by atoms with E-state index in [2.05, 4.69) is 5.32 Å². The van der Waals surface area contributed by atoms with Gasteiger partial charge in [-0.05, 0) is 48.5 Å². The number of hydrogen-bond acceptors (Lipinski definition) is 2. The molecule has 118 valence electrons. The number of nitrogens with one attached hydrogen (secondary N) is 1. The lowest BCUT2D eigenvalue weighted by Gasteiger charge is -2.00. The Morgan fingerprint density at radius 1 is 0.958 bits per heavy atom. The van der Waals surface area contributed by atoms with E-state index in [-0.39, 0.29) is 5.91 Å². The molecule has 0 atom stereocenters. The van der Waals surface area contributed by atoms with E-state index in [4.69, 9.17) is 27.6 Å². The van der Waals surface area contributed by atoms with Crippen molar-refractivity contribution in [1.29, 1.82) is 0 Å². The molecule has 0 bridgehead atoms. The summed E-state index contributed by atoms with van der Waals surface area (Å²) >= 11 is 12.2. The summed E-state index contributed by atoms with van der Waals surface area (Å²) in [4.78, 5) is 12.2. The Morgan fingerprint density at radius 2 is 1.79 bits per heavy atom. The van der Waals surface area contributed by atoms with Gasteiger partial charge in [0.2, 0.25) is 0 Å². The van der Waals surface area contributed by atoms with Gasteiger partial charge >= 0.3 is 0 Å². The molecule has 2 aromatic carbocycles. The van der Waals surface area contributed by atoms with Gasteiger partial charge < -0.3 is 9.73 Å². The van der Waals surface area contributed by atoms with Crippen molar-refractivity contribution in [2.45, 2.75) is 0 Å². The monoisotopic (exact) mass is 355 g/mol. The van der Waals surface area contributed by atoms with E-state index in [9.17, 15) is 4.79 Å². The molecule has 1 aliphatic heterocycles. The fraction of sp³-hybridized carbons (Fsp3) is 0. The minimum absolute atomic E-state index is 0.178. The maximum absolute atomic E-state index is 12.2. The van der Waals surface area contributed by atoms with E-state index in [0.29, 0.717) is 27.1 Å². The highest BCUT2D eigenvalue weighted by atomic mass is 35.5. The molecule has 3 nitrogen and oxygen atoms in total. The Bertz CT molecular complexity index is 989. The van der Waals surface area contributed by atoms with Crippen LogP contribution in [0.1, 0.15) is 11.3 Å². The van der Waals surface area contributed by atoms with Gasteiger partial charge in [-0.1, -0.05) is 35.3 Å². The number of halogens is 2. The van der Waals surface area contributed by atoms with Crippen molar-refractivity contribution in [1.82, 2.24) is 0 Å². The van der Waals surface area contributed by atoms with E-state index in [1.165, 1.54) is 0 Å². The number of benzene rings is 2. The van der Waals surface area contributed by atoms with Gasteiger partial charge in [0, 0.05) is 21.8 Å². The fourth-order valence-corrected chi connectivity index (χ4v) is 3.08. The van der Waals surface area contributed by atoms with E-state index >= 15 is 0 Å². The summed E-state index contributed by atoms with van der Waals surface area (Å²) in [6, 6.07) is 16.4. The number of anilines is 1. The standard InChI is InChI=1S/C19H11Cl2NO2/c20-11-5-7-17-14(9-11)15(19(23)22-17)10-12-6-8-18(24-12)13-3-1-2-4-16(13)21/h1-10H,(H,22,23)/b15-10-. The molecule has 1 amide bonds. The molecular formula is C19H11Cl2NO2.